The van der Waals surface area contributed by atoms with Gasteiger partial charge in [-0.05, 0) is 43.7 Å². The van der Waals surface area contributed by atoms with E-state index in [1.807, 2.05) is 44.2 Å². The number of aromatic nitrogens is 1. The zero-order chi connectivity index (χ0) is 13.0. The second kappa shape index (κ2) is 5.87. The molecule has 2 rings (SSSR count). The van der Waals surface area contributed by atoms with Crippen molar-refractivity contribution in [3.63, 3.8) is 0 Å². The van der Waals surface area contributed by atoms with Crippen molar-refractivity contribution in [2.24, 2.45) is 0 Å². The number of benzene rings is 1. The average Bonchev–Trinajstić information content (AvgIpc) is 2.34. The molecule has 0 spiro atoms. The van der Waals surface area contributed by atoms with Crippen LogP contribution in [0, 0.1) is 6.92 Å². The Morgan fingerprint density at radius 3 is 2.83 bits per heavy atom. The van der Waals surface area contributed by atoms with Gasteiger partial charge in [0, 0.05) is 23.3 Å². The lowest BCUT2D eigenvalue weighted by molar-refractivity contribution is 0.478. The summed E-state index contributed by atoms with van der Waals surface area (Å²) in [6.07, 6.45) is 1.74. The topological polar surface area (TPSA) is 34.1 Å². The van der Waals surface area contributed by atoms with Crippen molar-refractivity contribution in [3.05, 3.63) is 46.6 Å². The minimum atomic E-state index is 0.784. The van der Waals surface area contributed by atoms with Crippen molar-refractivity contribution in [1.82, 2.24) is 4.98 Å². The third-order valence-electron chi connectivity index (χ3n) is 2.45. The SMILES string of the molecule is CCNc1cc(Oc2ccc(Br)cc2C)ccn1. The first kappa shape index (κ1) is 12.9. The van der Waals surface area contributed by atoms with Crippen LogP contribution in [0.3, 0.4) is 0 Å². The van der Waals surface area contributed by atoms with E-state index in [2.05, 4.69) is 26.2 Å². The highest BCUT2D eigenvalue weighted by Crippen LogP contribution is 2.28. The minimum absolute atomic E-state index is 0.784. The molecule has 0 atom stereocenters. The highest BCUT2D eigenvalue weighted by molar-refractivity contribution is 9.10. The molecule has 0 fully saturated rings. The van der Waals surface area contributed by atoms with Crippen molar-refractivity contribution in [2.75, 3.05) is 11.9 Å². The summed E-state index contributed by atoms with van der Waals surface area (Å²) in [5.41, 5.74) is 1.09. The quantitative estimate of drug-likeness (QED) is 0.910. The van der Waals surface area contributed by atoms with Gasteiger partial charge in [0.25, 0.3) is 0 Å². The fourth-order valence-corrected chi connectivity index (χ4v) is 2.08. The predicted octanol–water partition coefficient (Wildman–Crippen LogP) is 4.38. The number of halogens is 1. The third-order valence-corrected chi connectivity index (χ3v) is 2.95. The number of anilines is 1. The van der Waals surface area contributed by atoms with Gasteiger partial charge >= 0.3 is 0 Å². The minimum Gasteiger partial charge on any atom is -0.457 e. The maximum Gasteiger partial charge on any atom is 0.132 e. The molecule has 94 valence electrons. The Morgan fingerprint density at radius 2 is 2.11 bits per heavy atom. The monoisotopic (exact) mass is 306 g/mol. The van der Waals surface area contributed by atoms with Gasteiger partial charge in [0.1, 0.15) is 17.3 Å². The largest absolute Gasteiger partial charge is 0.457 e. The van der Waals surface area contributed by atoms with Gasteiger partial charge in [-0.3, -0.25) is 0 Å². The van der Waals surface area contributed by atoms with Crippen molar-refractivity contribution in [3.8, 4) is 11.5 Å². The predicted molar refractivity (Wildman–Crippen MR) is 77.4 cm³/mol. The number of ether oxygens (including phenoxy) is 1. The van der Waals surface area contributed by atoms with E-state index in [0.717, 1.165) is 33.9 Å². The Hall–Kier alpha value is -1.55. The number of rotatable bonds is 4. The first-order chi connectivity index (χ1) is 8.69. The van der Waals surface area contributed by atoms with Crippen molar-refractivity contribution in [2.45, 2.75) is 13.8 Å². The summed E-state index contributed by atoms with van der Waals surface area (Å²) >= 11 is 3.44. The number of aryl methyl sites for hydroxylation is 1. The number of nitrogens with zero attached hydrogens (tertiary/aromatic N) is 1. The van der Waals surface area contributed by atoms with E-state index >= 15 is 0 Å². The van der Waals surface area contributed by atoms with Gasteiger partial charge in [-0.2, -0.15) is 0 Å². The molecule has 0 aliphatic heterocycles. The smallest absolute Gasteiger partial charge is 0.132 e. The summed E-state index contributed by atoms with van der Waals surface area (Å²) in [4.78, 5) is 4.21. The van der Waals surface area contributed by atoms with Crippen molar-refractivity contribution >= 4 is 21.7 Å². The zero-order valence-corrected chi connectivity index (χ0v) is 12.0. The molecule has 1 aromatic heterocycles. The highest BCUT2D eigenvalue weighted by atomic mass is 79.9. The molecule has 2 aromatic rings. The second-order valence-corrected chi connectivity index (χ2v) is 4.83. The molecule has 0 bridgehead atoms. The van der Waals surface area contributed by atoms with Gasteiger partial charge in [-0.15, -0.1) is 0 Å². The van der Waals surface area contributed by atoms with Gasteiger partial charge < -0.3 is 10.1 Å². The van der Waals surface area contributed by atoms with Crippen LogP contribution >= 0.6 is 15.9 Å². The molecule has 4 heteroatoms. The lowest BCUT2D eigenvalue weighted by atomic mass is 10.2. The summed E-state index contributed by atoms with van der Waals surface area (Å²) in [5.74, 6) is 2.46. The number of pyridine rings is 1. The molecular weight excluding hydrogens is 292 g/mol. The Morgan fingerprint density at radius 1 is 1.28 bits per heavy atom. The molecule has 0 aliphatic rings. The first-order valence-electron chi connectivity index (χ1n) is 5.83. The van der Waals surface area contributed by atoms with Gasteiger partial charge in [-0.25, -0.2) is 4.98 Å². The van der Waals surface area contributed by atoms with E-state index in [0.29, 0.717) is 0 Å². The molecule has 0 radical (unpaired) electrons. The molecule has 0 unspecified atom stereocenters. The number of hydrogen-bond donors (Lipinski definition) is 1. The van der Waals surface area contributed by atoms with Crippen molar-refractivity contribution in [1.29, 1.82) is 0 Å². The molecule has 3 nitrogen and oxygen atoms in total. The van der Waals surface area contributed by atoms with Gasteiger partial charge in [0.15, 0.2) is 0 Å². The van der Waals surface area contributed by atoms with E-state index in [-0.39, 0.29) is 0 Å². The molecule has 18 heavy (non-hydrogen) atoms. The van der Waals surface area contributed by atoms with Crippen LogP contribution in [0.15, 0.2) is 41.0 Å². The average molecular weight is 307 g/mol. The lowest BCUT2D eigenvalue weighted by Gasteiger charge is -2.10. The summed E-state index contributed by atoms with van der Waals surface area (Å²) in [6, 6.07) is 9.69. The van der Waals surface area contributed by atoms with E-state index in [1.165, 1.54) is 0 Å². The Labute approximate surface area is 115 Å². The van der Waals surface area contributed by atoms with Crippen LogP contribution in [0.1, 0.15) is 12.5 Å². The molecule has 1 aromatic carbocycles. The summed E-state index contributed by atoms with van der Waals surface area (Å²) in [5, 5.41) is 3.16. The lowest BCUT2D eigenvalue weighted by Crippen LogP contribution is -1.99. The van der Waals surface area contributed by atoms with Crippen LogP contribution < -0.4 is 10.1 Å². The summed E-state index contributed by atoms with van der Waals surface area (Å²) in [7, 11) is 0. The molecular formula is C14H15BrN2O. The van der Waals surface area contributed by atoms with E-state index in [9.17, 15) is 0 Å². The maximum atomic E-state index is 5.85. The molecule has 1 heterocycles. The molecule has 0 saturated carbocycles. The summed E-state index contributed by atoms with van der Waals surface area (Å²) < 4.78 is 6.90. The van der Waals surface area contributed by atoms with Crippen LogP contribution in [0.2, 0.25) is 0 Å². The third kappa shape index (κ3) is 3.23. The normalized spacial score (nSPS) is 10.2. The standard InChI is InChI=1S/C14H15BrN2O/c1-3-16-14-9-12(6-7-17-14)18-13-5-4-11(15)8-10(13)2/h4-9H,3H2,1-2H3,(H,16,17). The highest BCUT2D eigenvalue weighted by Gasteiger charge is 2.03. The second-order valence-electron chi connectivity index (χ2n) is 3.92. The van der Waals surface area contributed by atoms with E-state index in [4.69, 9.17) is 4.74 Å². The molecule has 0 amide bonds. The fraction of sp³-hybridized carbons (Fsp3) is 0.214. The first-order valence-corrected chi connectivity index (χ1v) is 6.62. The fourth-order valence-electron chi connectivity index (χ4n) is 1.61. The van der Waals surface area contributed by atoms with E-state index in [1.54, 1.807) is 6.20 Å². The zero-order valence-electron chi connectivity index (χ0n) is 10.4. The number of nitrogens with one attached hydrogen (secondary N) is 1. The Balaban J connectivity index is 2.20. The van der Waals surface area contributed by atoms with E-state index < -0.39 is 0 Å². The van der Waals surface area contributed by atoms with Gasteiger partial charge in [-0.1, -0.05) is 15.9 Å². The van der Waals surface area contributed by atoms with Crippen LogP contribution in [-0.4, -0.2) is 11.5 Å². The van der Waals surface area contributed by atoms with Gasteiger partial charge in [0.05, 0.1) is 0 Å². The van der Waals surface area contributed by atoms with Crippen LogP contribution in [-0.2, 0) is 0 Å². The van der Waals surface area contributed by atoms with Crippen LogP contribution in [0.5, 0.6) is 11.5 Å². The van der Waals surface area contributed by atoms with Gasteiger partial charge in [0.2, 0.25) is 0 Å². The molecule has 0 aliphatic carbocycles. The van der Waals surface area contributed by atoms with Crippen molar-refractivity contribution < 1.29 is 4.74 Å². The van der Waals surface area contributed by atoms with Crippen LogP contribution in [0.4, 0.5) is 5.82 Å². The number of hydrogen-bond acceptors (Lipinski definition) is 3. The Kier molecular flexibility index (Phi) is 4.20. The molecule has 1 N–H and O–H groups in total. The summed E-state index contributed by atoms with van der Waals surface area (Å²) in [6.45, 7) is 4.90. The van der Waals surface area contributed by atoms with Crippen LogP contribution in [0.25, 0.3) is 0 Å². The molecule has 0 saturated heterocycles. The Bertz CT molecular complexity index is 543. The maximum absolute atomic E-state index is 5.85.